The van der Waals surface area contributed by atoms with Crippen molar-refractivity contribution in [2.45, 2.75) is 31.8 Å². The normalized spacial score (nSPS) is 29.3. The first-order valence-electron chi connectivity index (χ1n) is 8.49. The van der Waals surface area contributed by atoms with E-state index >= 15 is 0 Å². The number of piperidine rings is 1. The van der Waals surface area contributed by atoms with Gasteiger partial charge in [-0.3, -0.25) is 14.6 Å². The molecule has 0 saturated carbocycles. The van der Waals surface area contributed by atoms with Crippen LogP contribution in [0.25, 0.3) is 0 Å². The number of benzene rings is 1. The van der Waals surface area contributed by atoms with Crippen LogP contribution >= 0.6 is 0 Å². The Kier molecular flexibility index (Phi) is 4.71. The van der Waals surface area contributed by atoms with Crippen molar-refractivity contribution in [3.05, 3.63) is 34.9 Å². The molecule has 0 amide bonds. The molecule has 0 aromatic heterocycles. The second-order valence-corrected chi connectivity index (χ2v) is 7.01. The molecule has 2 aliphatic rings. The van der Waals surface area contributed by atoms with Crippen LogP contribution in [0.1, 0.15) is 41.6 Å². The number of carboxylic acid groups (broad SMARTS) is 1. The second kappa shape index (κ2) is 6.59. The Bertz CT molecular complexity index is 590. The Morgan fingerprint density at radius 3 is 2.83 bits per heavy atom. The van der Waals surface area contributed by atoms with E-state index in [9.17, 15) is 9.90 Å². The highest BCUT2D eigenvalue weighted by Crippen LogP contribution is 2.38. The molecule has 1 fully saturated rings. The molecule has 3 rings (SSSR count). The van der Waals surface area contributed by atoms with Crippen LogP contribution in [-0.4, -0.2) is 54.1 Å². The molecule has 23 heavy (non-hydrogen) atoms. The van der Waals surface area contributed by atoms with E-state index in [2.05, 4.69) is 42.0 Å². The molecule has 0 bridgehead atoms. The number of fused-ring (bicyclic) bond motifs is 1. The predicted molar refractivity (Wildman–Crippen MR) is 90.3 cm³/mol. The first-order chi connectivity index (χ1) is 11.0. The summed E-state index contributed by atoms with van der Waals surface area (Å²) in [5.74, 6) is -0.905. The topological polar surface area (TPSA) is 69.8 Å². The van der Waals surface area contributed by atoms with E-state index < -0.39 is 5.97 Å². The van der Waals surface area contributed by atoms with Crippen LogP contribution in [0.5, 0.6) is 0 Å². The summed E-state index contributed by atoms with van der Waals surface area (Å²) < 4.78 is 0. The molecule has 126 valence electrons. The van der Waals surface area contributed by atoms with Crippen LogP contribution < -0.4 is 5.73 Å². The Balaban J connectivity index is 1.92. The molecule has 2 aliphatic heterocycles. The number of likely N-dealkylation sites (N-methyl/N-ethyl adjacent to an activating group) is 1. The second-order valence-electron chi connectivity index (χ2n) is 7.01. The van der Waals surface area contributed by atoms with Crippen molar-refractivity contribution in [1.82, 2.24) is 9.80 Å². The lowest BCUT2D eigenvalue weighted by Crippen LogP contribution is -2.48. The SMILES string of the molecule is Cc1ccc2c(c1)C(CN)N(C)CC2N1CCCC(C(=O)O)C1. The van der Waals surface area contributed by atoms with E-state index in [4.69, 9.17) is 5.73 Å². The number of nitrogens with zero attached hydrogens (tertiary/aromatic N) is 2. The molecular formula is C18H27N3O2. The van der Waals surface area contributed by atoms with Crippen LogP contribution in [0.15, 0.2) is 18.2 Å². The van der Waals surface area contributed by atoms with Gasteiger partial charge in [0.15, 0.2) is 0 Å². The first kappa shape index (κ1) is 16.4. The van der Waals surface area contributed by atoms with Gasteiger partial charge in [0.25, 0.3) is 0 Å². The summed E-state index contributed by atoms with van der Waals surface area (Å²) in [6.07, 6.45) is 1.75. The summed E-state index contributed by atoms with van der Waals surface area (Å²) in [4.78, 5) is 16.1. The smallest absolute Gasteiger partial charge is 0.307 e. The average Bonchev–Trinajstić information content (AvgIpc) is 2.54. The highest BCUT2D eigenvalue weighted by Gasteiger charge is 2.36. The maximum absolute atomic E-state index is 11.4. The number of nitrogens with two attached hydrogens (primary N) is 1. The quantitative estimate of drug-likeness (QED) is 0.889. The number of likely N-dealkylation sites (tertiary alicyclic amines) is 1. The minimum atomic E-state index is -0.664. The molecule has 3 unspecified atom stereocenters. The number of aliphatic carboxylic acids is 1. The zero-order valence-corrected chi connectivity index (χ0v) is 14.0. The van der Waals surface area contributed by atoms with Crippen LogP contribution in [-0.2, 0) is 4.79 Å². The number of rotatable bonds is 3. The minimum Gasteiger partial charge on any atom is -0.481 e. The van der Waals surface area contributed by atoms with E-state index in [0.29, 0.717) is 13.1 Å². The van der Waals surface area contributed by atoms with E-state index in [0.717, 1.165) is 25.9 Å². The highest BCUT2D eigenvalue weighted by atomic mass is 16.4. The summed E-state index contributed by atoms with van der Waals surface area (Å²) >= 11 is 0. The lowest BCUT2D eigenvalue weighted by Gasteiger charge is -2.45. The van der Waals surface area contributed by atoms with E-state index in [1.807, 2.05) is 0 Å². The Labute approximate surface area is 138 Å². The average molecular weight is 317 g/mol. The van der Waals surface area contributed by atoms with Crippen LogP contribution in [0, 0.1) is 12.8 Å². The standard InChI is InChI=1S/C18H27N3O2/c1-12-5-6-14-15(8-12)16(9-19)20(2)11-17(14)21-7-3-4-13(10-21)18(22)23/h5-6,8,13,16-17H,3-4,7,9-11,19H2,1-2H3,(H,22,23). The van der Waals surface area contributed by atoms with Crippen LogP contribution in [0.4, 0.5) is 0 Å². The van der Waals surface area contributed by atoms with E-state index in [1.165, 1.54) is 16.7 Å². The highest BCUT2D eigenvalue weighted by molar-refractivity contribution is 5.70. The molecule has 1 aromatic rings. The number of carbonyl (C=O) groups is 1. The largest absolute Gasteiger partial charge is 0.481 e. The number of carboxylic acids is 1. The van der Waals surface area contributed by atoms with Gasteiger partial charge in [0.1, 0.15) is 0 Å². The third kappa shape index (κ3) is 3.13. The Morgan fingerprint density at radius 1 is 1.35 bits per heavy atom. The molecule has 0 spiro atoms. The van der Waals surface area contributed by atoms with Crippen molar-refractivity contribution in [3.63, 3.8) is 0 Å². The molecule has 0 aliphatic carbocycles. The van der Waals surface area contributed by atoms with Crippen LogP contribution in [0.2, 0.25) is 0 Å². The van der Waals surface area contributed by atoms with Crippen molar-refractivity contribution in [2.75, 3.05) is 33.2 Å². The fourth-order valence-electron chi connectivity index (χ4n) is 4.13. The third-order valence-corrected chi connectivity index (χ3v) is 5.42. The molecule has 0 radical (unpaired) electrons. The fraction of sp³-hybridized carbons (Fsp3) is 0.611. The summed E-state index contributed by atoms with van der Waals surface area (Å²) in [5, 5.41) is 9.36. The van der Waals surface area contributed by atoms with Gasteiger partial charge in [-0.1, -0.05) is 23.8 Å². The van der Waals surface area contributed by atoms with Gasteiger partial charge in [-0.2, -0.15) is 0 Å². The molecule has 3 N–H and O–H groups in total. The lowest BCUT2D eigenvalue weighted by molar-refractivity contribution is -0.144. The number of hydrogen-bond acceptors (Lipinski definition) is 4. The molecular weight excluding hydrogens is 290 g/mol. The van der Waals surface area contributed by atoms with Gasteiger partial charge >= 0.3 is 5.97 Å². The van der Waals surface area contributed by atoms with Gasteiger partial charge in [-0.25, -0.2) is 0 Å². The molecule has 3 atom stereocenters. The summed E-state index contributed by atoms with van der Waals surface area (Å²) in [6.45, 7) is 5.25. The van der Waals surface area contributed by atoms with Crippen LogP contribution in [0.3, 0.4) is 0 Å². The maximum Gasteiger partial charge on any atom is 0.307 e. The van der Waals surface area contributed by atoms with Gasteiger partial charge in [0.2, 0.25) is 0 Å². The Hall–Kier alpha value is -1.43. The minimum absolute atomic E-state index is 0.241. The van der Waals surface area contributed by atoms with E-state index in [-0.39, 0.29) is 18.0 Å². The van der Waals surface area contributed by atoms with Crippen molar-refractivity contribution in [2.24, 2.45) is 11.7 Å². The lowest BCUT2D eigenvalue weighted by atomic mass is 9.86. The van der Waals surface area contributed by atoms with Crippen molar-refractivity contribution >= 4 is 5.97 Å². The fourth-order valence-corrected chi connectivity index (χ4v) is 4.13. The van der Waals surface area contributed by atoms with E-state index in [1.54, 1.807) is 0 Å². The van der Waals surface area contributed by atoms with Crippen molar-refractivity contribution in [3.8, 4) is 0 Å². The molecule has 2 heterocycles. The van der Waals surface area contributed by atoms with Gasteiger partial charge in [-0.05, 0) is 44.5 Å². The third-order valence-electron chi connectivity index (χ3n) is 5.42. The molecule has 5 heteroatoms. The Morgan fingerprint density at radius 2 is 2.13 bits per heavy atom. The maximum atomic E-state index is 11.4. The molecule has 1 saturated heterocycles. The van der Waals surface area contributed by atoms with Crippen molar-refractivity contribution in [1.29, 1.82) is 0 Å². The zero-order valence-electron chi connectivity index (χ0n) is 14.0. The van der Waals surface area contributed by atoms with Gasteiger partial charge in [-0.15, -0.1) is 0 Å². The van der Waals surface area contributed by atoms with Gasteiger partial charge in [0.05, 0.1) is 5.92 Å². The predicted octanol–water partition coefficient (Wildman–Crippen LogP) is 1.78. The zero-order chi connectivity index (χ0) is 16.6. The number of aryl methyl sites for hydroxylation is 1. The van der Waals surface area contributed by atoms with Gasteiger partial charge in [0, 0.05) is 31.7 Å². The summed E-state index contributed by atoms with van der Waals surface area (Å²) in [5.41, 5.74) is 9.90. The molecule has 1 aromatic carbocycles. The first-order valence-corrected chi connectivity index (χ1v) is 8.49. The number of hydrogen-bond donors (Lipinski definition) is 2. The van der Waals surface area contributed by atoms with Gasteiger partial charge < -0.3 is 10.8 Å². The monoisotopic (exact) mass is 317 g/mol. The van der Waals surface area contributed by atoms with Crippen molar-refractivity contribution < 1.29 is 9.90 Å². The summed E-state index contributed by atoms with van der Waals surface area (Å²) in [6, 6.07) is 7.13. The molecule has 5 nitrogen and oxygen atoms in total. The summed E-state index contributed by atoms with van der Waals surface area (Å²) in [7, 11) is 2.12.